The molecular formula is C12H12O2. The van der Waals surface area contributed by atoms with Crippen molar-refractivity contribution in [1.29, 1.82) is 0 Å². The van der Waals surface area contributed by atoms with Crippen molar-refractivity contribution in [1.82, 2.24) is 0 Å². The molecule has 1 rings (SSSR count). The first kappa shape index (κ1) is 10.3. The molecular weight excluding hydrogens is 176 g/mol. The standard InChI is InChI=1S/C12H12O2/c1-2-3-4-5-6-7-8-11-9-10-12(13)14-11/h4-8,11H,1,9-10H2/b6-5+,8-7+. The van der Waals surface area contributed by atoms with E-state index in [0.717, 1.165) is 6.42 Å². The van der Waals surface area contributed by atoms with E-state index in [9.17, 15) is 4.79 Å². The Labute approximate surface area is 83.6 Å². The summed E-state index contributed by atoms with van der Waals surface area (Å²) in [6, 6.07) is 0. The predicted octanol–water partition coefficient (Wildman–Crippen LogP) is 2.30. The zero-order chi connectivity index (χ0) is 10.2. The number of hydrogen-bond donors (Lipinski definition) is 0. The molecule has 0 spiro atoms. The summed E-state index contributed by atoms with van der Waals surface area (Å²) in [7, 11) is 0. The molecule has 1 saturated heterocycles. The van der Waals surface area contributed by atoms with Gasteiger partial charge in [-0.05, 0) is 25.2 Å². The summed E-state index contributed by atoms with van der Waals surface area (Å²) in [5.41, 5.74) is 5.20. The topological polar surface area (TPSA) is 26.3 Å². The smallest absolute Gasteiger partial charge is 0.306 e. The Balaban J connectivity index is 2.33. The molecule has 0 N–H and O–H groups in total. The summed E-state index contributed by atoms with van der Waals surface area (Å²) in [4.78, 5) is 10.7. The highest BCUT2D eigenvalue weighted by Gasteiger charge is 2.19. The maximum atomic E-state index is 10.7. The number of cyclic esters (lactones) is 1. The molecule has 0 aromatic carbocycles. The average Bonchev–Trinajstić information content (AvgIpc) is 2.58. The molecule has 0 aromatic rings. The van der Waals surface area contributed by atoms with Gasteiger partial charge < -0.3 is 4.74 Å². The van der Waals surface area contributed by atoms with E-state index in [0.29, 0.717) is 6.42 Å². The first-order valence-electron chi connectivity index (χ1n) is 4.46. The van der Waals surface area contributed by atoms with E-state index in [1.54, 1.807) is 6.08 Å². The lowest BCUT2D eigenvalue weighted by Crippen LogP contribution is -2.01. The highest BCUT2D eigenvalue weighted by molar-refractivity contribution is 5.71. The van der Waals surface area contributed by atoms with Gasteiger partial charge in [-0.3, -0.25) is 4.79 Å². The van der Waals surface area contributed by atoms with Gasteiger partial charge in [0.25, 0.3) is 0 Å². The number of allylic oxidation sites excluding steroid dienone is 4. The molecule has 2 heteroatoms. The predicted molar refractivity (Wildman–Crippen MR) is 54.6 cm³/mol. The van der Waals surface area contributed by atoms with Crippen LogP contribution < -0.4 is 0 Å². The van der Waals surface area contributed by atoms with Crippen LogP contribution in [0.15, 0.2) is 48.4 Å². The van der Waals surface area contributed by atoms with Gasteiger partial charge in [0.15, 0.2) is 0 Å². The number of carbonyl (C=O) groups is 1. The summed E-state index contributed by atoms with van der Waals surface area (Å²) in [5.74, 6) is -0.113. The van der Waals surface area contributed by atoms with Crippen LogP contribution >= 0.6 is 0 Å². The SMILES string of the molecule is C=C=C=C/C=C/C=C/C1CCC(=O)O1. The molecule has 0 aromatic heterocycles. The molecule has 72 valence electrons. The van der Waals surface area contributed by atoms with Crippen molar-refractivity contribution in [2.45, 2.75) is 18.9 Å². The summed E-state index contributed by atoms with van der Waals surface area (Å²) in [5, 5.41) is 0. The number of esters is 1. The number of carbonyl (C=O) groups excluding carboxylic acids is 1. The first-order chi connectivity index (χ1) is 6.83. The lowest BCUT2D eigenvalue weighted by molar-refractivity contribution is -0.139. The van der Waals surface area contributed by atoms with Crippen molar-refractivity contribution in [2.24, 2.45) is 0 Å². The van der Waals surface area contributed by atoms with Crippen molar-refractivity contribution in [3.63, 3.8) is 0 Å². The molecule has 2 nitrogen and oxygen atoms in total. The highest BCUT2D eigenvalue weighted by atomic mass is 16.5. The largest absolute Gasteiger partial charge is 0.458 e. The fraction of sp³-hybridized carbons (Fsp3) is 0.250. The molecule has 1 aliphatic rings. The Bertz CT molecular complexity index is 337. The summed E-state index contributed by atoms with van der Waals surface area (Å²) >= 11 is 0. The zero-order valence-corrected chi connectivity index (χ0v) is 7.90. The van der Waals surface area contributed by atoms with E-state index < -0.39 is 0 Å². The monoisotopic (exact) mass is 188 g/mol. The van der Waals surface area contributed by atoms with Crippen LogP contribution in [0.3, 0.4) is 0 Å². The molecule has 0 saturated carbocycles. The molecule has 0 radical (unpaired) electrons. The van der Waals surface area contributed by atoms with Gasteiger partial charge in [0.05, 0.1) is 0 Å². The van der Waals surface area contributed by atoms with Gasteiger partial charge in [-0.1, -0.05) is 29.7 Å². The normalized spacial score (nSPS) is 20.9. The van der Waals surface area contributed by atoms with E-state index in [1.807, 2.05) is 24.3 Å². The van der Waals surface area contributed by atoms with Gasteiger partial charge in [-0.2, -0.15) is 0 Å². The Kier molecular flexibility index (Phi) is 4.30. The van der Waals surface area contributed by atoms with Crippen LogP contribution in [0.2, 0.25) is 0 Å². The second-order valence-corrected chi connectivity index (χ2v) is 2.82. The van der Waals surface area contributed by atoms with Crippen LogP contribution in [-0.2, 0) is 9.53 Å². The van der Waals surface area contributed by atoms with Crippen molar-refractivity contribution >= 4 is 5.97 Å². The van der Waals surface area contributed by atoms with E-state index in [4.69, 9.17) is 4.74 Å². The van der Waals surface area contributed by atoms with E-state index >= 15 is 0 Å². The quantitative estimate of drug-likeness (QED) is 0.386. The second kappa shape index (κ2) is 5.82. The minimum absolute atomic E-state index is 0.0499. The average molecular weight is 188 g/mol. The summed E-state index contributed by atoms with van der Waals surface area (Å²) in [6.45, 7) is 3.37. The Hall–Kier alpha value is -1.75. The zero-order valence-electron chi connectivity index (χ0n) is 7.90. The lowest BCUT2D eigenvalue weighted by atomic mass is 10.2. The Morgan fingerprint density at radius 3 is 2.93 bits per heavy atom. The minimum atomic E-state index is -0.113. The van der Waals surface area contributed by atoms with Gasteiger partial charge in [0.2, 0.25) is 0 Å². The van der Waals surface area contributed by atoms with E-state index in [2.05, 4.69) is 18.0 Å². The fourth-order valence-corrected chi connectivity index (χ4v) is 1.10. The summed E-state index contributed by atoms with van der Waals surface area (Å²) in [6.07, 6.45) is 10.3. The van der Waals surface area contributed by atoms with Crippen LogP contribution in [-0.4, -0.2) is 12.1 Å². The van der Waals surface area contributed by atoms with Gasteiger partial charge in [0.1, 0.15) is 6.10 Å². The summed E-state index contributed by atoms with van der Waals surface area (Å²) < 4.78 is 4.98. The number of rotatable bonds is 3. The number of ether oxygens (including phenoxy) is 1. The third-order valence-corrected chi connectivity index (χ3v) is 1.75. The van der Waals surface area contributed by atoms with Crippen molar-refractivity contribution in [3.8, 4) is 0 Å². The van der Waals surface area contributed by atoms with Gasteiger partial charge in [-0.25, -0.2) is 0 Å². The maximum Gasteiger partial charge on any atom is 0.306 e. The molecule has 1 unspecified atom stereocenters. The Morgan fingerprint density at radius 1 is 1.43 bits per heavy atom. The van der Waals surface area contributed by atoms with Gasteiger partial charge in [-0.15, -0.1) is 0 Å². The van der Waals surface area contributed by atoms with Gasteiger partial charge in [0, 0.05) is 6.42 Å². The molecule has 1 heterocycles. The third kappa shape index (κ3) is 3.77. The van der Waals surface area contributed by atoms with Crippen LogP contribution in [0.1, 0.15) is 12.8 Å². The second-order valence-electron chi connectivity index (χ2n) is 2.82. The first-order valence-corrected chi connectivity index (χ1v) is 4.46. The molecule has 1 aliphatic heterocycles. The molecule has 1 fully saturated rings. The molecule has 14 heavy (non-hydrogen) atoms. The molecule has 0 amide bonds. The van der Waals surface area contributed by atoms with Crippen LogP contribution in [0.4, 0.5) is 0 Å². The van der Waals surface area contributed by atoms with E-state index in [1.165, 1.54) is 0 Å². The Morgan fingerprint density at radius 2 is 2.29 bits per heavy atom. The van der Waals surface area contributed by atoms with E-state index in [-0.39, 0.29) is 12.1 Å². The number of hydrogen-bond acceptors (Lipinski definition) is 2. The van der Waals surface area contributed by atoms with Crippen molar-refractivity contribution in [2.75, 3.05) is 0 Å². The van der Waals surface area contributed by atoms with Gasteiger partial charge >= 0.3 is 5.97 Å². The third-order valence-electron chi connectivity index (χ3n) is 1.75. The highest BCUT2D eigenvalue weighted by Crippen LogP contribution is 2.14. The molecule has 0 aliphatic carbocycles. The van der Waals surface area contributed by atoms with Crippen LogP contribution in [0, 0.1) is 0 Å². The fourth-order valence-electron chi connectivity index (χ4n) is 1.10. The van der Waals surface area contributed by atoms with Crippen LogP contribution in [0.25, 0.3) is 0 Å². The van der Waals surface area contributed by atoms with Crippen LogP contribution in [0.5, 0.6) is 0 Å². The van der Waals surface area contributed by atoms with Crippen molar-refractivity contribution < 1.29 is 9.53 Å². The van der Waals surface area contributed by atoms with Crippen molar-refractivity contribution in [3.05, 3.63) is 48.4 Å². The lowest BCUT2D eigenvalue weighted by Gasteiger charge is -1.99. The maximum absolute atomic E-state index is 10.7. The molecule has 1 atom stereocenters. The minimum Gasteiger partial charge on any atom is -0.458 e. The molecule has 0 bridgehead atoms.